The number of benzene rings is 1. The molecular formula is C15H21N3O. The van der Waals surface area contributed by atoms with Crippen LogP contribution < -0.4 is 10.5 Å². The first-order valence-corrected chi connectivity index (χ1v) is 6.54. The highest BCUT2D eigenvalue weighted by molar-refractivity contribution is 5.37. The Morgan fingerprint density at radius 3 is 2.68 bits per heavy atom. The van der Waals surface area contributed by atoms with Crippen molar-refractivity contribution < 1.29 is 4.74 Å². The smallest absolute Gasteiger partial charge is 0.124 e. The Balaban J connectivity index is 2.47. The second-order valence-electron chi connectivity index (χ2n) is 4.84. The largest absolute Gasteiger partial charge is 0.496 e. The fraction of sp³-hybridized carbons (Fsp3) is 0.400. The molecule has 4 heteroatoms. The fourth-order valence-electron chi connectivity index (χ4n) is 2.37. The van der Waals surface area contributed by atoms with Crippen LogP contribution in [0.1, 0.15) is 37.2 Å². The molecule has 2 aromatic rings. The maximum absolute atomic E-state index is 5.98. The van der Waals surface area contributed by atoms with Gasteiger partial charge < -0.3 is 15.0 Å². The Hall–Kier alpha value is -1.81. The Bertz CT molecular complexity index is 534. The van der Waals surface area contributed by atoms with Gasteiger partial charge in [0.1, 0.15) is 11.6 Å². The quantitative estimate of drug-likeness (QED) is 0.897. The van der Waals surface area contributed by atoms with E-state index in [0.29, 0.717) is 12.5 Å². The molecule has 1 atom stereocenters. The van der Waals surface area contributed by atoms with E-state index in [4.69, 9.17) is 10.5 Å². The Labute approximate surface area is 114 Å². The highest BCUT2D eigenvalue weighted by Gasteiger charge is 2.19. The fourth-order valence-corrected chi connectivity index (χ4v) is 2.37. The third kappa shape index (κ3) is 2.63. The molecule has 0 spiro atoms. The van der Waals surface area contributed by atoms with Gasteiger partial charge in [-0.1, -0.05) is 32.0 Å². The molecule has 0 aliphatic rings. The predicted molar refractivity (Wildman–Crippen MR) is 76.5 cm³/mol. The Morgan fingerprint density at radius 2 is 2.05 bits per heavy atom. The molecule has 0 bridgehead atoms. The van der Waals surface area contributed by atoms with E-state index in [1.165, 1.54) is 0 Å². The maximum Gasteiger partial charge on any atom is 0.124 e. The van der Waals surface area contributed by atoms with E-state index in [-0.39, 0.29) is 6.04 Å². The van der Waals surface area contributed by atoms with E-state index < -0.39 is 0 Å². The predicted octanol–water partition coefficient (Wildman–Crippen LogP) is 2.56. The van der Waals surface area contributed by atoms with E-state index in [0.717, 1.165) is 17.1 Å². The number of hydrogen-bond acceptors (Lipinski definition) is 3. The first kappa shape index (κ1) is 13.6. The molecule has 4 nitrogen and oxygen atoms in total. The number of hydrogen-bond donors (Lipinski definition) is 1. The molecule has 102 valence electrons. The van der Waals surface area contributed by atoms with Crippen molar-refractivity contribution in [1.29, 1.82) is 0 Å². The van der Waals surface area contributed by atoms with Crippen LogP contribution >= 0.6 is 0 Å². The van der Waals surface area contributed by atoms with Gasteiger partial charge in [0.2, 0.25) is 0 Å². The molecule has 0 saturated heterocycles. The Kier molecular flexibility index (Phi) is 4.22. The molecule has 1 aromatic heterocycles. The number of aromatic nitrogens is 2. The summed E-state index contributed by atoms with van der Waals surface area (Å²) in [4.78, 5) is 4.43. The average molecular weight is 259 g/mol. The third-order valence-electron chi connectivity index (χ3n) is 3.27. The summed E-state index contributed by atoms with van der Waals surface area (Å²) in [6.07, 6.45) is 3.81. The number of para-hydroxylation sites is 1. The molecule has 2 rings (SSSR count). The summed E-state index contributed by atoms with van der Waals surface area (Å²) >= 11 is 0. The van der Waals surface area contributed by atoms with Crippen LogP contribution in [0.5, 0.6) is 5.75 Å². The lowest BCUT2D eigenvalue weighted by atomic mass is 10.0. The minimum absolute atomic E-state index is 0.0519. The molecule has 1 unspecified atom stereocenters. The summed E-state index contributed by atoms with van der Waals surface area (Å²) in [6.45, 7) is 4.78. The van der Waals surface area contributed by atoms with Crippen LogP contribution in [-0.4, -0.2) is 23.2 Å². The van der Waals surface area contributed by atoms with Crippen LogP contribution in [-0.2, 0) is 0 Å². The zero-order chi connectivity index (χ0) is 13.8. The summed E-state index contributed by atoms with van der Waals surface area (Å²) in [5.74, 6) is 2.27. The summed E-state index contributed by atoms with van der Waals surface area (Å²) in [7, 11) is 1.68. The second kappa shape index (κ2) is 5.89. The van der Waals surface area contributed by atoms with Crippen molar-refractivity contribution in [2.45, 2.75) is 25.8 Å². The summed E-state index contributed by atoms with van der Waals surface area (Å²) < 4.78 is 7.58. The van der Waals surface area contributed by atoms with E-state index in [2.05, 4.69) is 29.5 Å². The van der Waals surface area contributed by atoms with Crippen LogP contribution in [0.4, 0.5) is 0 Å². The van der Waals surface area contributed by atoms with Crippen LogP contribution in [0.2, 0.25) is 0 Å². The number of imidazole rings is 1. The molecule has 19 heavy (non-hydrogen) atoms. The van der Waals surface area contributed by atoms with E-state index in [1.54, 1.807) is 7.11 Å². The lowest BCUT2D eigenvalue weighted by Crippen LogP contribution is -2.22. The summed E-state index contributed by atoms with van der Waals surface area (Å²) in [6, 6.07) is 8.04. The first-order chi connectivity index (χ1) is 9.19. The van der Waals surface area contributed by atoms with Gasteiger partial charge in [0, 0.05) is 30.4 Å². The second-order valence-corrected chi connectivity index (χ2v) is 4.84. The van der Waals surface area contributed by atoms with Gasteiger partial charge in [-0.15, -0.1) is 0 Å². The lowest BCUT2D eigenvalue weighted by molar-refractivity contribution is 0.400. The maximum atomic E-state index is 5.98. The zero-order valence-electron chi connectivity index (χ0n) is 11.7. The number of methoxy groups -OCH3 is 1. The van der Waals surface area contributed by atoms with Crippen LogP contribution in [0.3, 0.4) is 0 Å². The summed E-state index contributed by atoms with van der Waals surface area (Å²) in [5.41, 5.74) is 7.07. The van der Waals surface area contributed by atoms with Crippen molar-refractivity contribution in [3.63, 3.8) is 0 Å². The van der Waals surface area contributed by atoms with Crippen molar-refractivity contribution in [3.05, 3.63) is 48.0 Å². The molecule has 0 radical (unpaired) electrons. The van der Waals surface area contributed by atoms with E-state index in [1.807, 2.05) is 30.6 Å². The molecule has 0 aliphatic heterocycles. The minimum Gasteiger partial charge on any atom is -0.496 e. The van der Waals surface area contributed by atoms with Gasteiger partial charge >= 0.3 is 0 Å². The lowest BCUT2D eigenvalue weighted by Gasteiger charge is -2.22. The van der Waals surface area contributed by atoms with Crippen molar-refractivity contribution in [3.8, 4) is 5.75 Å². The van der Waals surface area contributed by atoms with E-state index >= 15 is 0 Å². The summed E-state index contributed by atoms with van der Waals surface area (Å²) in [5, 5.41) is 0. The Morgan fingerprint density at radius 1 is 1.32 bits per heavy atom. The van der Waals surface area contributed by atoms with Gasteiger partial charge in [-0.2, -0.15) is 0 Å². The van der Waals surface area contributed by atoms with Gasteiger partial charge in [0.05, 0.1) is 13.2 Å². The molecule has 0 fully saturated rings. The molecule has 2 N–H and O–H groups in total. The highest BCUT2D eigenvalue weighted by Crippen LogP contribution is 2.29. The number of nitrogens with zero attached hydrogens (tertiary/aromatic N) is 2. The SMILES string of the molecule is COc1ccccc1C(CN)n1ccnc1C(C)C. The number of rotatable bonds is 5. The number of ether oxygens (including phenoxy) is 1. The molecule has 1 heterocycles. The first-order valence-electron chi connectivity index (χ1n) is 6.54. The molecule has 0 saturated carbocycles. The minimum atomic E-state index is 0.0519. The third-order valence-corrected chi connectivity index (χ3v) is 3.27. The van der Waals surface area contributed by atoms with Crippen molar-refractivity contribution in [2.24, 2.45) is 5.73 Å². The molecule has 0 amide bonds. The van der Waals surface area contributed by atoms with Crippen molar-refractivity contribution in [1.82, 2.24) is 9.55 Å². The number of nitrogens with two attached hydrogens (primary N) is 1. The van der Waals surface area contributed by atoms with Gasteiger partial charge in [-0.3, -0.25) is 0 Å². The van der Waals surface area contributed by atoms with Crippen LogP contribution in [0.25, 0.3) is 0 Å². The monoisotopic (exact) mass is 259 g/mol. The average Bonchev–Trinajstić information content (AvgIpc) is 2.89. The van der Waals surface area contributed by atoms with Crippen molar-refractivity contribution >= 4 is 0 Å². The highest BCUT2D eigenvalue weighted by atomic mass is 16.5. The van der Waals surface area contributed by atoms with Crippen LogP contribution in [0, 0.1) is 0 Å². The van der Waals surface area contributed by atoms with Crippen LogP contribution in [0.15, 0.2) is 36.7 Å². The molecule has 1 aromatic carbocycles. The normalized spacial score (nSPS) is 12.7. The topological polar surface area (TPSA) is 53.1 Å². The van der Waals surface area contributed by atoms with Crippen molar-refractivity contribution in [2.75, 3.05) is 13.7 Å². The van der Waals surface area contributed by atoms with Gasteiger partial charge in [0.15, 0.2) is 0 Å². The van der Waals surface area contributed by atoms with Gasteiger partial charge in [0.25, 0.3) is 0 Å². The van der Waals surface area contributed by atoms with E-state index in [9.17, 15) is 0 Å². The standard InChI is InChI=1S/C15H21N3O/c1-11(2)15-17-8-9-18(15)13(10-16)12-6-4-5-7-14(12)19-3/h4-9,11,13H,10,16H2,1-3H3. The van der Waals surface area contributed by atoms with Gasteiger partial charge in [-0.05, 0) is 6.07 Å². The zero-order valence-corrected chi connectivity index (χ0v) is 11.7. The molecule has 0 aliphatic carbocycles. The van der Waals surface area contributed by atoms with Gasteiger partial charge in [-0.25, -0.2) is 4.98 Å². The molecular weight excluding hydrogens is 238 g/mol.